The number of hydrogen-bond acceptors (Lipinski definition) is 3. The summed E-state index contributed by atoms with van der Waals surface area (Å²) in [6.07, 6.45) is 0. The molecular weight excluding hydrogens is 444 g/mol. The number of carbonyl (C=O) groups excluding carboxylic acids is 2. The minimum Gasteiger partial charge on any atom is -0.457 e. The molecule has 0 unspecified atom stereocenters. The monoisotopic (exact) mass is 466 g/mol. The molecule has 154 valence electrons. The van der Waals surface area contributed by atoms with E-state index >= 15 is 0 Å². The van der Waals surface area contributed by atoms with E-state index in [0.29, 0.717) is 27.1 Å². The number of ether oxygens (including phenoxy) is 1. The molecule has 3 aromatic carbocycles. The number of amides is 2. The molecule has 0 saturated heterocycles. The van der Waals surface area contributed by atoms with Crippen LogP contribution < -0.4 is 10.2 Å². The first kappa shape index (κ1) is 21.6. The number of para-hydroxylation sites is 1. The lowest BCUT2D eigenvalue weighted by Crippen LogP contribution is -2.55. The minimum absolute atomic E-state index is 0.332. The summed E-state index contributed by atoms with van der Waals surface area (Å²) in [4.78, 5) is 26.1. The van der Waals surface area contributed by atoms with Crippen LogP contribution in [0.5, 0.6) is 11.5 Å². The predicted octanol–water partition coefficient (Wildman–Crippen LogP) is 5.83. The van der Waals surface area contributed by atoms with Gasteiger partial charge in [0.25, 0.3) is 11.8 Å². The summed E-state index contributed by atoms with van der Waals surface area (Å²) in [7, 11) is 0. The Kier molecular flexibility index (Phi) is 6.57. The van der Waals surface area contributed by atoms with Crippen LogP contribution in [-0.2, 0) is 0 Å². The number of halogens is 1. The zero-order valence-electron chi connectivity index (χ0n) is 17.1. The molecule has 0 atom stereocenters. The average molecular weight is 467 g/mol. The van der Waals surface area contributed by atoms with Crippen molar-refractivity contribution in [2.45, 2.75) is 26.3 Å². The first-order chi connectivity index (χ1) is 14.3. The molecule has 0 heterocycles. The fraction of sp³-hybridized carbons (Fsp3) is 0.167. The molecule has 0 aliphatic rings. The molecule has 0 aliphatic heterocycles. The summed E-state index contributed by atoms with van der Waals surface area (Å²) >= 11 is 3.38. The lowest BCUT2D eigenvalue weighted by atomic mass is 10.1. The van der Waals surface area contributed by atoms with Crippen LogP contribution in [0.1, 0.15) is 41.5 Å². The van der Waals surface area contributed by atoms with E-state index in [1.165, 1.54) is 5.01 Å². The predicted molar refractivity (Wildman–Crippen MR) is 120 cm³/mol. The second-order valence-electron chi connectivity index (χ2n) is 7.68. The van der Waals surface area contributed by atoms with Crippen LogP contribution in [0.4, 0.5) is 0 Å². The molecule has 6 heteroatoms. The van der Waals surface area contributed by atoms with Gasteiger partial charge in [-0.1, -0.05) is 36.4 Å². The maximum Gasteiger partial charge on any atom is 0.272 e. The molecule has 30 heavy (non-hydrogen) atoms. The lowest BCUT2D eigenvalue weighted by molar-refractivity contribution is 0.0358. The molecule has 3 aromatic rings. The SMILES string of the molecule is CC(C)(C)N(NC(=O)c1ccccc1Br)C(=O)c1cccc(Oc2ccccc2)c1. The van der Waals surface area contributed by atoms with Crippen LogP contribution in [0.25, 0.3) is 0 Å². The summed E-state index contributed by atoms with van der Waals surface area (Å²) < 4.78 is 6.49. The van der Waals surface area contributed by atoms with E-state index in [-0.39, 0.29) is 11.8 Å². The maximum absolute atomic E-state index is 13.3. The van der Waals surface area contributed by atoms with Crippen molar-refractivity contribution in [3.63, 3.8) is 0 Å². The minimum atomic E-state index is -0.649. The van der Waals surface area contributed by atoms with E-state index in [2.05, 4.69) is 21.4 Å². The van der Waals surface area contributed by atoms with Gasteiger partial charge in [-0.3, -0.25) is 15.0 Å². The third kappa shape index (κ3) is 5.27. The molecule has 0 aliphatic carbocycles. The highest BCUT2D eigenvalue weighted by Gasteiger charge is 2.30. The van der Waals surface area contributed by atoms with Crippen LogP contribution in [0, 0.1) is 0 Å². The summed E-state index contributed by atoms with van der Waals surface area (Å²) in [5.74, 6) is 0.513. The average Bonchev–Trinajstić information content (AvgIpc) is 2.72. The third-order valence-electron chi connectivity index (χ3n) is 4.27. The Hall–Kier alpha value is -3.12. The Morgan fingerprint density at radius 2 is 1.50 bits per heavy atom. The molecule has 2 amide bonds. The third-order valence-corrected chi connectivity index (χ3v) is 4.96. The highest BCUT2D eigenvalue weighted by molar-refractivity contribution is 9.10. The zero-order chi connectivity index (χ0) is 21.7. The van der Waals surface area contributed by atoms with E-state index < -0.39 is 5.54 Å². The molecule has 0 radical (unpaired) electrons. The van der Waals surface area contributed by atoms with E-state index in [1.807, 2.05) is 57.2 Å². The molecule has 0 aromatic heterocycles. The molecular formula is C24H23BrN2O3. The number of carbonyl (C=O) groups is 2. The van der Waals surface area contributed by atoms with Crippen molar-refractivity contribution in [1.82, 2.24) is 10.4 Å². The van der Waals surface area contributed by atoms with E-state index in [0.717, 1.165) is 0 Å². The number of hydrogen-bond donors (Lipinski definition) is 1. The second-order valence-corrected chi connectivity index (χ2v) is 8.53. The quantitative estimate of drug-likeness (QED) is 0.492. The number of nitrogens with one attached hydrogen (secondary N) is 1. The summed E-state index contributed by atoms with van der Waals surface area (Å²) in [5, 5.41) is 1.34. The van der Waals surface area contributed by atoms with E-state index in [4.69, 9.17) is 4.74 Å². The Morgan fingerprint density at radius 3 is 2.17 bits per heavy atom. The van der Waals surface area contributed by atoms with Crippen LogP contribution in [-0.4, -0.2) is 22.4 Å². The van der Waals surface area contributed by atoms with E-state index in [1.54, 1.807) is 42.5 Å². The smallest absolute Gasteiger partial charge is 0.272 e. The Bertz CT molecular complexity index is 1050. The molecule has 1 N–H and O–H groups in total. The Labute approximate surface area is 184 Å². The van der Waals surface area contributed by atoms with Crippen molar-refractivity contribution in [2.75, 3.05) is 0 Å². The number of benzene rings is 3. The number of hydrazine groups is 1. The van der Waals surface area contributed by atoms with Gasteiger partial charge in [0.2, 0.25) is 0 Å². The lowest BCUT2D eigenvalue weighted by Gasteiger charge is -2.35. The van der Waals surface area contributed by atoms with Gasteiger partial charge in [0.1, 0.15) is 11.5 Å². The zero-order valence-corrected chi connectivity index (χ0v) is 18.6. The molecule has 0 bridgehead atoms. The topological polar surface area (TPSA) is 58.6 Å². The fourth-order valence-corrected chi connectivity index (χ4v) is 3.24. The van der Waals surface area contributed by atoms with Crippen molar-refractivity contribution < 1.29 is 14.3 Å². The highest BCUT2D eigenvalue weighted by atomic mass is 79.9. The molecule has 0 spiro atoms. The molecule has 0 saturated carbocycles. The van der Waals surface area contributed by atoms with Gasteiger partial charge in [-0.25, -0.2) is 5.01 Å². The summed E-state index contributed by atoms with van der Waals surface area (Å²) in [5.41, 5.74) is 2.96. The van der Waals surface area contributed by atoms with Crippen LogP contribution in [0.2, 0.25) is 0 Å². The number of rotatable bonds is 4. The van der Waals surface area contributed by atoms with Gasteiger partial charge < -0.3 is 4.74 Å². The van der Waals surface area contributed by atoms with Gasteiger partial charge in [-0.15, -0.1) is 0 Å². The first-order valence-corrected chi connectivity index (χ1v) is 10.3. The molecule has 5 nitrogen and oxygen atoms in total. The van der Waals surface area contributed by atoms with Crippen molar-refractivity contribution >= 4 is 27.7 Å². The summed E-state index contributed by atoms with van der Waals surface area (Å²) in [6.45, 7) is 5.57. The molecule has 3 rings (SSSR count). The van der Waals surface area contributed by atoms with Crippen molar-refractivity contribution in [3.8, 4) is 11.5 Å². The van der Waals surface area contributed by atoms with Gasteiger partial charge in [0.05, 0.1) is 11.1 Å². The van der Waals surface area contributed by atoms with Crippen LogP contribution in [0.15, 0.2) is 83.3 Å². The normalized spacial score (nSPS) is 10.9. The first-order valence-electron chi connectivity index (χ1n) is 9.49. The maximum atomic E-state index is 13.3. The summed E-state index contributed by atoms with van der Waals surface area (Å²) in [6, 6.07) is 23.3. The van der Waals surface area contributed by atoms with Crippen molar-refractivity contribution in [1.29, 1.82) is 0 Å². The standard InChI is InChI=1S/C24H23BrN2O3/c1-24(2,3)27(26-22(28)20-14-7-8-15-21(20)25)23(29)17-10-9-13-19(16-17)30-18-11-5-4-6-12-18/h4-16H,1-3H3,(H,26,28). The fourth-order valence-electron chi connectivity index (χ4n) is 2.78. The number of nitrogens with zero attached hydrogens (tertiary/aromatic N) is 1. The van der Waals surface area contributed by atoms with Crippen LogP contribution in [0.3, 0.4) is 0 Å². The van der Waals surface area contributed by atoms with Gasteiger partial charge in [-0.05, 0) is 79.2 Å². The highest BCUT2D eigenvalue weighted by Crippen LogP contribution is 2.24. The van der Waals surface area contributed by atoms with Crippen molar-refractivity contribution in [2.24, 2.45) is 0 Å². The Morgan fingerprint density at radius 1 is 0.867 bits per heavy atom. The van der Waals surface area contributed by atoms with Gasteiger partial charge in [0.15, 0.2) is 0 Å². The van der Waals surface area contributed by atoms with Crippen LogP contribution >= 0.6 is 15.9 Å². The van der Waals surface area contributed by atoms with Gasteiger partial charge in [-0.2, -0.15) is 0 Å². The second kappa shape index (κ2) is 9.13. The van der Waals surface area contributed by atoms with Crippen molar-refractivity contribution in [3.05, 3.63) is 94.5 Å². The van der Waals surface area contributed by atoms with E-state index in [9.17, 15) is 9.59 Å². The van der Waals surface area contributed by atoms with Gasteiger partial charge in [0, 0.05) is 10.0 Å². The molecule has 0 fully saturated rings. The largest absolute Gasteiger partial charge is 0.457 e. The Balaban J connectivity index is 1.85. The van der Waals surface area contributed by atoms with Gasteiger partial charge >= 0.3 is 0 Å².